The zero-order chi connectivity index (χ0) is 13.7. The molecule has 0 saturated carbocycles. The summed E-state index contributed by atoms with van der Waals surface area (Å²) in [5.74, 6) is 0. The van der Waals surface area contributed by atoms with Gasteiger partial charge in [-0.1, -0.05) is 31.2 Å². The second-order valence-corrected chi connectivity index (χ2v) is 5.92. The smallest absolute Gasteiger partial charge is 0.0753 e. The second kappa shape index (κ2) is 6.51. The van der Waals surface area contributed by atoms with E-state index in [2.05, 4.69) is 55.3 Å². The standard InChI is InChI=1S/C16H26N2O/c1-4-17-11-14-6-5-7-15(10-14)12-18-8-9-19-16(2,3)13-18/h5-7,10,17H,4,8-9,11-13H2,1-3H3. The zero-order valence-corrected chi connectivity index (χ0v) is 12.4. The highest BCUT2D eigenvalue weighted by molar-refractivity contribution is 5.23. The summed E-state index contributed by atoms with van der Waals surface area (Å²) in [7, 11) is 0. The van der Waals surface area contributed by atoms with Crippen LogP contribution in [0.4, 0.5) is 0 Å². The summed E-state index contributed by atoms with van der Waals surface area (Å²) in [4.78, 5) is 2.48. The van der Waals surface area contributed by atoms with Crippen LogP contribution in [0.2, 0.25) is 0 Å². The maximum absolute atomic E-state index is 5.76. The normalized spacial score (nSPS) is 19.5. The number of hydrogen-bond donors (Lipinski definition) is 1. The molecule has 0 bridgehead atoms. The summed E-state index contributed by atoms with van der Waals surface area (Å²) in [5.41, 5.74) is 2.75. The van der Waals surface area contributed by atoms with Crippen molar-refractivity contribution < 1.29 is 4.74 Å². The SMILES string of the molecule is CCNCc1cccc(CN2CCOC(C)(C)C2)c1. The molecule has 2 rings (SSSR count). The van der Waals surface area contributed by atoms with Crippen molar-refractivity contribution in [3.63, 3.8) is 0 Å². The summed E-state index contributed by atoms with van der Waals surface area (Å²) in [6.45, 7) is 12.3. The van der Waals surface area contributed by atoms with Gasteiger partial charge in [0.05, 0.1) is 12.2 Å². The number of benzene rings is 1. The summed E-state index contributed by atoms with van der Waals surface area (Å²) >= 11 is 0. The summed E-state index contributed by atoms with van der Waals surface area (Å²) in [5, 5.41) is 3.37. The van der Waals surface area contributed by atoms with Gasteiger partial charge in [0.2, 0.25) is 0 Å². The fourth-order valence-corrected chi connectivity index (χ4v) is 2.61. The van der Waals surface area contributed by atoms with Gasteiger partial charge in [0.1, 0.15) is 0 Å². The highest BCUT2D eigenvalue weighted by atomic mass is 16.5. The van der Waals surface area contributed by atoms with Crippen LogP contribution in [0.15, 0.2) is 24.3 Å². The largest absolute Gasteiger partial charge is 0.373 e. The third kappa shape index (κ3) is 4.60. The third-order valence-electron chi connectivity index (χ3n) is 3.48. The van der Waals surface area contributed by atoms with Gasteiger partial charge in [-0.15, -0.1) is 0 Å². The number of rotatable bonds is 5. The molecule has 0 aliphatic carbocycles. The Morgan fingerprint density at radius 3 is 2.84 bits per heavy atom. The fraction of sp³-hybridized carbons (Fsp3) is 0.625. The lowest BCUT2D eigenvalue weighted by atomic mass is 10.1. The highest BCUT2D eigenvalue weighted by Gasteiger charge is 2.26. The van der Waals surface area contributed by atoms with Crippen molar-refractivity contribution in [1.29, 1.82) is 0 Å². The molecule has 3 heteroatoms. The molecule has 1 aliphatic rings. The maximum Gasteiger partial charge on any atom is 0.0753 e. The molecular formula is C16H26N2O. The average molecular weight is 262 g/mol. The zero-order valence-electron chi connectivity index (χ0n) is 12.4. The number of morpholine rings is 1. The monoisotopic (exact) mass is 262 g/mol. The van der Waals surface area contributed by atoms with Crippen LogP contribution in [0.3, 0.4) is 0 Å². The average Bonchev–Trinajstić information content (AvgIpc) is 2.35. The van der Waals surface area contributed by atoms with Crippen LogP contribution in [0.5, 0.6) is 0 Å². The van der Waals surface area contributed by atoms with E-state index in [0.29, 0.717) is 0 Å². The van der Waals surface area contributed by atoms with Crippen LogP contribution < -0.4 is 5.32 Å². The van der Waals surface area contributed by atoms with Crippen LogP contribution in [0.25, 0.3) is 0 Å². The van der Waals surface area contributed by atoms with E-state index in [1.165, 1.54) is 11.1 Å². The molecule has 1 aromatic rings. The van der Waals surface area contributed by atoms with Gasteiger partial charge >= 0.3 is 0 Å². The highest BCUT2D eigenvalue weighted by Crippen LogP contribution is 2.18. The molecule has 0 spiro atoms. The molecule has 106 valence electrons. The number of nitrogens with one attached hydrogen (secondary N) is 1. The Morgan fingerprint density at radius 2 is 2.11 bits per heavy atom. The fourth-order valence-electron chi connectivity index (χ4n) is 2.61. The van der Waals surface area contributed by atoms with Crippen molar-refractivity contribution in [2.45, 2.75) is 39.5 Å². The van der Waals surface area contributed by atoms with E-state index in [1.807, 2.05) is 0 Å². The Hall–Kier alpha value is -0.900. The molecule has 0 aromatic heterocycles. The molecule has 1 aromatic carbocycles. The predicted octanol–water partition coefficient (Wildman–Crippen LogP) is 2.41. The van der Waals surface area contributed by atoms with Crippen LogP contribution in [0.1, 0.15) is 31.9 Å². The van der Waals surface area contributed by atoms with Gasteiger partial charge in [-0.25, -0.2) is 0 Å². The number of ether oxygens (including phenoxy) is 1. The van der Waals surface area contributed by atoms with Crippen molar-refractivity contribution in [1.82, 2.24) is 10.2 Å². The van der Waals surface area contributed by atoms with Gasteiger partial charge in [-0.3, -0.25) is 4.90 Å². The van der Waals surface area contributed by atoms with Gasteiger partial charge in [0.15, 0.2) is 0 Å². The number of nitrogens with zero attached hydrogens (tertiary/aromatic N) is 1. The topological polar surface area (TPSA) is 24.5 Å². The first-order valence-corrected chi connectivity index (χ1v) is 7.24. The van der Waals surface area contributed by atoms with Crippen molar-refractivity contribution in [3.05, 3.63) is 35.4 Å². The molecule has 1 heterocycles. The van der Waals surface area contributed by atoms with Gasteiger partial charge in [0.25, 0.3) is 0 Å². The van der Waals surface area contributed by atoms with Gasteiger partial charge in [-0.05, 0) is 31.5 Å². The first-order chi connectivity index (χ1) is 9.09. The van der Waals surface area contributed by atoms with E-state index in [-0.39, 0.29) is 5.60 Å². The van der Waals surface area contributed by atoms with E-state index in [1.54, 1.807) is 0 Å². The number of hydrogen-bond acceptors (Lipinski definition) is 3. The molecule has 1 fully saturated rings. The Bertz CT molecular complexity index is 403. The lowest BCUT2D eigenvalue weighted by Crippen LogP contribution is -2.47. The van der Waals surface area contributed by atoms with Crippen LogP contribution in [0, 0.1) is 0 Å². The second-order valence-electron chi connectivity index (χ2n) is 5.92. The van der Waals surface area contributed by atoms with E-state index >= 15 is 0 Å². The van der Waals surface area contributed by atoms with Crippen molar-refractivity contribution >= 4 is 0 Å². The quantitative estimate of drug-likeness (QED) is 0.882. The Balaban J connectivity index is 1.94. The van der Waals surface area contributed by atoms with Crippen molar-refractivity contribution in [2.24, 2.45) is 0 Å². The Labute approximate surface area is 116 Å². The molecule has 1 aliphatic heterocycles. The summed E-state index contributed by atoms with van der Waals surface area (Å²) < 4.78 is 5.76. The first kappa shape index (κ1) is 14.5. The summed E-state index contributed by atoms with van der Waals surface area (Å²) in [6, 6.07) is 8.88. The minimum absolute atomic E-state index is 0.0143. The molecule has 0 amide bonds. The van der Waals surface area contributed by atoms with Crippen molar-refractivity contribution in [3.8, 4) is 0 Å². The molecule has 0 atom stereocenters. The first-order valence-electron chi connectivity index (χ1n) is 7.24. The Kier molecular flexibility index (Phi) is 4.97. The summed E-state index contributed by atoms with van der Waals surface area (Å²) in [6.07, 6.45) is 0. The molecule has 19 heavy (non-hydrogen) atoms. The van der Waals surface area contributed by atoms with E-state index in [0.717, 1.165) is 39.3 Å². The van der Waals surface area contributed by atoms with E-state index < -0.39 is 0 Å². The van der Waals surface area contributed by atoms with Gasteiger partial charge < -0.3 is 10.1 Å². The van der Waals surface area contributed by atoms with Crippen molar-refractivity contribution in [2.75, 3.05) is 26.2 Å². The predicted molar refractivity (Wildman–Crippen MR) is 79.1 cm³/mol. The Morgan fingerprint density at radius 1 is 1.32 bits per heavy atom. The minimum Gasteiger partial charge on any atom is -0.373 e. The van der Waals surface area contributed by atoms with Crippen LogP contribution in [-0.4, -0.2) is 36.7 Å². The minimum atomic E-state index is -0.0143. The third-order valence-corrected chi connectivity index (χ3v) is 3.48. The maximum atomic E-state index is 5.76. The molecule has 0 radical (unpaired) electrons. The molecule has 3 nitrogen and oxygen atoms in total. The molecule has 0 unspecified atom stereocenters. The van der Waals surface area contributed by atoms with Gasteiger partial charge in [-0.2, -0.15) is 0 Å². The van der Waals surface area contributed by atoms with E-state index in [9.17, 15) is 0 Å². The van der Waals surface area contributed by atoms with E-state index in [4.69, 9.17) is 4.74 Å². The lowest BCUT2D eigenvalue weighted by Gasteiger charge is -2.38. The van der Waals surface area contributed by atoms with Crippen LogP contribution >= 0.6 is 0 Å². The lowest BCUT2D eigenvalue weighted by molar-refractivity contribution is -0.0882. The molecule has 1 N–H and O–H groups in total. The van der Waals surface area contributed by atoms with Gasteiger partial charge in [0, 0.05) is 26.2 Å². The molecule has 1 saturated heterocycles. The van der Waals surface area contributed by atoms with Crippen LogP contribution in [-0.2, 0) is 17.8 Å². The molecular weight excluding hydrogens is 236 g/mol.